The van der Waals surface area contributed by atoms with Crippen LogP contribution >= 0.6 is 0 Å². The summed E-state index contributed by atoms with van der Waals surface area (Å²) >= 11 is 0. The van der Waals surface area contributed by atoms with E-state index in [1.165, 1.54) is 6.42 Å². The summed E-state index contributed by atoms with van der Waals surface area (Å²) in [5.41, 5.74) is 0. The molecule has 0 bridgehead atoms. The number of carboxylic acid groups (broad SMARTS) is 1. The van der Waals surface area contributed by atoms with E-state index in [9.17, 15) is 9.90 Å². The third-order valence-corrected chi connectivity index (χ3v) is 3.61. The Morgan fingerprint density at radius 3 is 2.71 bits per heavy atom. The van der Waals surface area contributed by atoms with Crippen molar-refractivity contribution in [3.05, 3.63) is 12.3 Å². The van der Waals surface area contributed by atoms with Crippen molar-refractivity contribution < 1.29 is 9.90 Å². The average Bonchev–Trinajstić information content (AvgIpc) is 2.47. The Morgan fingerprint density at radius 2 is 2.10 bits per heavy atom. The second-order valence-corrected chi connectivity index (χ2v) is 5.95. The molecular weight excluding hydrogens is 268 g/mol. The van der Waals surface area contributed by atoms with Crippen molar-refractivity contribution in [3.8, 4) is 0 Å². The molecule has 0 saturated carbocycles. The van der Waals surface area contributed by atoms with Crippen molar-refractivity contribution in [2.45, 2.75) is 45.6 Å². The molecule has 0 aliphatic carbocycles. The van der Waals surface area contributed by atoms with Crippen LogP contribution in [-0.2, 0) is 4.79 Å². The molecule has 1 aliphatic heterocycles. The van der Waals surface area contributed by atoms with E-state index in [0.717, 1.165) is 25.9 Å². The zero-order chi connectivity index (χ0) is 15.2. The van der Waals surface area contributed by atoms with Crippen molar-refractivity contribution in [2.75, 3.05) is 23.3 Å². The fraction of sp³-hybridized carbons (Fsp3) is 0.667. The van der Waals surface area contributed by atoms with Crippen LogP contribution in [0.1, 0.15) is 39.5 Å². The molecule has 2 heterocycles. The highest BCUT2D eigenvalue weighted by molar-refractivity contribution is 5.76. The zero-order valence-corrected chi connectivity index (χ0v) is 12.7. The maximum absolute atomic E-state index is 11.3. The van der Waals surface area contributed by atoms with Gasteiger partial charge in [0.05, 0.1) is 0 Å². The van der Waals surface area contributed by atoms with Crippen LogP contribution in [0.15, 0.2) is 12.3 Å². The quantitative estimate of drug-likeness (QED) is 0.838. The van der Waals surface area contributed by atoms with E-state index in [1.54, 1.807) is 12.3 Å². The molecule has 6 heteroatoms. The number of hydrogen-bond donors (Lipinski definition) is 2. The SMILES string of the molecule is CC(C)C[C@@H](Nc1ccnc(N2CCCCC2)n1)C(=O)O. The fourth-order valence-electron chi connectivity index (χ4n) is 2.55. The lowest BCUT2D eigenvalue weighted by Gasteiger charge is -2.27. The molecule has 0 amide bonds. The van der Waals surface area contributed by atoms with Gasteiger partial charge in [-0.1, -0.05) is 13.8 Å². The van der Waals surface area contributed by atoms with E-state index >= 15 is 0 Å². The summed E-state index contributed by atoms with van der Waals surface area (Å²) < 4.78 is 0. The Balaban J connectivity index is 2.07. The number of nitrogens with zero attached hydrogens (tertiary/aromatic N) is 3. The van der Waals surface area contributed by atoms with Gasteiger partial charge in [0.15, 0.2) is 0 Å². The minimum absolute atomic E-state index is 0.307. The van der Waals surface area contributed by atoms with Gasteiger partial charge < -0.3 is 15.3 Å². The molecule has 2 N–H and O–H groups in total. The Bertz CT molecular complexity index is 472. The molecule has 0 radical (unpaired) electrons. The highest BCUT2D eigenvalue weighted by atomic mass is 16.4. The molecule has 116 valence electrons. The van der Waals surface area contributed by atoms with Crippen LogP contribution in [0.5, 0.6) is 0 Å². The maximum Gasteiger partial charge on any atom is 0.326 e. The summed E-state index contributed by atoms with van der Waals surface area (Å²) in [6.07, 6.45) is 5.83. The lowest BCUT2D eigenvalue weighted by Crippen LogP contribution is -2.33. The van der Waals surface area contributed by atoms with E-state index in [-0.39, 0.29) is 0 Å². The minimum Gasteiger partial charge on any atom is -0.480 e. The molecule has 1 aromatic rings. The normalized spacial score (nSPS) is 16.8. The number of aromatic nitrogens is 2. The minimum atomic E-state index is -0.846. The second kappa shape index (κ2) is 7.24. The van der Waals surface area contributed by atoms with Crippen LogP contribution in [0, 0.1) is 5.92 Å². The molecule has 1 aliphatic rings. The third-order valence-electron chi connectivity index (χ3n) is 3.61. The molecular formula is C15H24N4O2. The number of rotatable bonds is 6. The van der Waals surface area contributed by atoms with Crippen LogP contribution in [0.3, 0.4) is 0 Å². The predicted octanol–water partition coefficient (Wildman–Crippen LogP) is 2.38. The summed E-state index contributed by atoms with van der Waals surface area (Å²) in [7, 11) is 0. The third kappa shape index (κ3) is 4.58. The lowest BCUT2D eigenvalue weighted by atomic mass is 10.0. The van der Waals surface area contributed by atoms with E-state index in [0.29, 0.717) is 24.1 Å². The Hall–Kier alpha value is -1.85. The number of piperidine rings is 1. The first-order valence-corrected chi connectivity index (χ1v) is 7.63. The van der Waals surface area contributed by atoms with E-state index in [1.807, 2.05) is 13.8 Å². The second-order valence-electron chi connectivity index (χ2n) is 5.95. The summed E-state index contributed by atoms with van der Waals surface area (Å²) in [5, 5.41) is 12.3. The van der Waals surface area contributed by atoms with Gasteiger partial charge in [-0.15, -0.1) is 0 Å². The van der Waals surface area contributed by atoms with E-state index < -0.39 is 12.0 Å². The molecule has 1 saturated heterocycles. The molecule has 1 aromatic heterocycles. The topological polar surface area (TPSA) is 78.4 Å². The van der Waals surface area contributed by atoms with Crippen molar-refractivity contribution in [1.29, 1.82) is 0 Å². The van der Waals surface area contributed by atoms with Gasteiger partial charge in [-0.3, -0.25) is 0 Å². The monoisotopic (exact) mass is 292 g/mol. The molecule has 6 nitrogen and oxygen atoms in total. The average molecular weight is 292 g/mol. The molecule has 2 rings (SSSR count). The van der Waals surface area contributed by atoms with Crippen LogP contribution in [0.4, 0.5) is 11.8 Å². The predicted molar refractivity (Wildman–Crippen MR) is 82.6 cm³/mol. The van der Waals surface area contributed by atoms with Crippen molar-refractivity contribution in [3.63, 3.8) is 0 Å². The molecule has 1 atom stereocenters. The van der Waals surface area contributed by atoms with Crippen LogP contribution < -0.4 is 10.2 Å². The van der Waals surface area contributed by atoms with Gasteiger partial charge >= 0.3 is 5.97 Å². The smallest absolute Gasteiger partial charge is 0.326 e. The van der Waals surface area contributed by atoms with Crippen molar-refractivity contribution in [2.24, 2.45) is 5.92 Å². The van der Waals surface area contributed by atoms with Gasteiger partial charge in [-0.25, -0.2) is 9.78 Å². The molecule has 1 fully saturated rings. The Kier molecular flexibility index (Phi) is 5.36. The summed E-state index contributed by atoms with van der Waals surface area (Å²) in [6.45, 7) is 5.96. The lowest BCUT2D eigenvalue weighted by molar-refractivity contribution is -0.138. The fourth-order valence-corrected chi connectivity index (χ4v) is 2.55. The van der Waals surface area contributed by atoms with E-state index in [2.05, 4.69) is 20.2 Å². The molecule has 0 spiro atoms. The van der Waals surface area contributed by atoms with Crippen LogP contribution in [-0.4, -0.2) is 40.2 Å². The Labute approximate surface area is 125 Å². The highest BCUT2D eigenvalue weighted by Crippen LogP contribution is 2.18. The number of carboxylic acids is 1. The number of anilines is 2. The number of carbonyl (C=O) groups is 1. The van der Waals surface area contributed by atoms with Gasteiger partial charge in [-0.05, 0) is 37.7 Å². The molecule has 0 aromatic carbocycles. The number of hydrogen-bond acceptors (Lipinski definition) is 5. The maximum atomic E-state index is 11.3. The van der Waals surface area contributed by atoms with Gasteiger partial charge in [0.2, 0.25) is 5.95 Å². The van der Waals surface area contributed by atoms with Crippen molar-refractivity contribution in [1.82, 2.24) is 9.97 Å². The van der Waals surface area contributed by atoms with Crippen molar-refractivity contribution >= 4 is 17.7 Å². The zero-order valence-electron chi connectivity index (χ0n) is 12.7. The molecule has 21 heavy (non-hydrogen) atoms. The largest absolute Gasteiger partial charge is 0.480 e. The first-order valence-electron chi connectivity index (χ1n) is 7.63. The first-order chi connectivity index (χ1) is 10.1. The van der Waals surface area contributed by atoms with Gasteiger partial charge in [0.25, 0.3) is 0 Å². The highest BCUT2D eigenvalue weighted by Gasteiger charge is 2.20. The first kappa shape index (κ1) is 15.5. The summed E-state index contributed by atoms with van der Waals surface area (Å²) in [4.78, 5) is 22.2. The Morgan fingerprint density at radius 1 is 1.38 bits per heavy atom. The van der Waals surface area contributed by atoms with Gasteiger partial charge in [-0.2, -0.15) is 4.98 Å². The number of nitrogens with one attached hydrogen (secondary N) is 1. The summed E-state index contributed by atoms with van der Waals surface area (Å²) in [6, 6.07) is 1.11. The molecule has 0 unspecified atom stereocenters. The van der Waals surface area contributed by atoms with Gasteiger partial charge in [0.1, 0.15) is 11.9 Å². The van der Waals surface area contributed by atoms with Crippen LogP contribution in [0.25, 0.3) is 0 Å². The standard InChI is InChI=1S/C15H24N4O2/c1-11(2)10-12(14(20)21)17-13-6-7-16-15(18-13)19-8-4-3-5-9-19/h6-7,11-12H,3-5,8-10H2,1-2H3,(H,20,21)(H,16,17,18)/t12-/m1/s1. The number of aliphatic carboxylic acids is 1. The summed E-state index contributed by atoms with van der Waals surface area (Å²) in [5.74, 6) is 0.732. The van der Waals surface area contributed by atoms with E-state index in [4.69, 9.17) is 0 Å². The van der Waals surface area contributed by atoms with Gasteiger partial charge in [0, 0.05) is 19.3 Å². The van der Waals surface area contributed by atoms with Crippen LogP contribution in [0.2, 0.25) is 0 Å².